The third-order valence-corrected chi connectivity index (χ3v) is 4.28. The average molecular weight is 280 g/mol. The molecule has 2 aromatic carbocycles. The van der Waals surface area contributed by atoms with Crippen molar-refractivity contribution in [1.82, 2.24) is 0 Å². The van der Waals surface area contributed by atoms with E-state index in [1.165, 1.54) is 5.56 Å². The van der Waals surface area contributed by atoms with Gasteiger partial charge in [0.1, 0.15) is 0 Å². The number of rotatable bonds is 3. The number of carbonyl (C=O) groups is 1. The Hall–Kier alpha value is -2.29. The van der Waals surface area contributed by atoms with Crippen LogP contribution in [0.1, 0.15) is 34.7 Å². The van der Waals surface area contributed by atoms with Crippen LogP contribution < -0.4 is 10.6 Å². The second kappa shape index (κ2) is 6.00. The van der Waals surface area contributed by atoms with Crippen molar-refractivity contribution in [1.29, 1.82) is 0 Å². The lowest BCUT2D eigenvalue weighted by Gasteiger charge is -2.34. The fraction of sp³-hybridized carbons (Fsp3) is 0.278. The highest BCUT2D eigenvalue weighted by molar-refractivity contribution is 5.98. The minimum Gasteiger partial charge on any atom is -0.371 e. The molecule has 0 bridgehead atoms. The Morgan fingerprint density at radius 1 is 0.952 bits per heavy atom. The van der Waals surface area contributed by atoms with Gasteiger partial charge < -0.3 is 10.6 Å². The van der Waals surface area contributed by atoms with Crippen LogP contribution in [0.4, 0.5) is 5.69 Å². The number of primary amides is 1. The second-order valence-electron chi connectivity index (χ2n) is 5.55. The molecule has 0 atom stereocenters. The van der Waals surface area contributed by atoms with E-state index in [2.05, 4.69) is 35.2 Å². The minimum atomic E-state index is -0.351. The van der Waals surface area contributed by atoms with Crippen molar-refractivity contribution in [3.8, 4) is 0 Å². The van der Waals surface area contributed by atoms with Gasteiger partial charge in [-0.05, 0) is 36.5 Å². The molecule has 1 amide bonds. The largest absolute Gasteiger partial charge is 0.371 e. The van der Waals surface area contributed by atoms with Gasteiger partial charge in [0.05, 0.1) is 5.56 Å². The molecule has 1 aliphatic heterocycles. The number of amides is 1. The van der Waals surface area contributed by atoms with Crippen LogP contribution in [0.5, 0.6) is 0 Å². The van der Waals surface area contributed by atoms with Crippen molar-refractivity contribution in [3.63, 3.8) is 0 Å². The number of hydrogen-bond donors (Lipinski definition) is 1. The lowest BCUT2D eigenvalue weighted by atomic mass is 9.89. The van der Waals surface area contributed by atoms with Crippen LogP contribution in [-0.4, -0.2) is 19.0 Å². The molecule has 0 unspecified atom stereocenters. The van der Waals surface area contributed by atoms with Crippen LogP contribution in [0.3, 0.4) is 0 Å². The second-order valence-corrected chi connectivity index (χ2v) is 5.55. The summed E-state index contributed by atoms with van der Waals surface area (Å²) in [4.78, 5) is 13.8. The number of carbonyl (C=O) groups excluding carboxylic acids is 1. The number of para-hydroxylation sites is 1. The average Bonchev–Trinajstić information content (AvgIpc) is 2.56. The lowest BCUT2D eigenvalue weighted by molar-refractivity contribution is 0.100. The Labute approximate surface area is 125 Å². The molecule has 0 aromatic heterocycles. The van der Waals surface area contributed by atoms with Crippen LogP contribution in [0.2, 0.25) is 0 Å². The molecule has 3 nitrogen and oxygen atoms in total. The zero-order chi connectivity index (χ0) is 14.7. The monoisotopic (exact) mass is 280 g/mol. The van der Waals surface area contributed by atoms with E-state index in [1.54, 1.807) is 6.07 Å². The summed E-state index contributed by atoms with van der Waals surface area (Å²) in [5.74, 6) is 0.263. The maximum absolute atomic E-state index is 11.5. The van der Waals surface area contributed by atoms with E-state index >= 15 is 0 Å². The number of hydrogen-bond acceptors (Lipinski definition) is 2. The Morgan fingerprint density at radius 2 is 1.57 bits per heavy atom. The van der Waals surface area contributed by atoms with Crippen molar-refractivity contribution in [2.45, 2.75) is 18.8 Å². The fourth-order valence-corrected chi connectivity index (χ4v) is 3.14. The smallest absolute Gasteiger partial charge is 0.250 e. The zero-order valence-electron chi connectivity index (χ0n) is 12.0. The van der Waals surface area contributed by atoms with Gasteiger partial charge in [-0.15, -0.1) is 0 Å². The van der Waals surface area contributed by atoms with E-state index in [0.29, 0.717) is 11.5 Å². The van der Waals surface area contributed by atoms with Gasteiger partial charge >= 0.3 is 0 Å². The predicted octanol–water partition coefficient (Wildman–Crippen LogP) is 3.17. The molecular formula is C18H20N2O. The Morgan fingerprint density at radius 3 is 2.24 bits per heavy atom. The summed E-state index contributed by atoms with van der Waals surface area (Å²) in [5, 5.41) is 0. The molecular weight excluding hydrogens is 260 g/mol. The summed E-state index contributed by atoms with van der Waals surface area (Å²) in [6, 6.07) is 18.3. The van der Waals surface area contributed by atoms with E-state index in [4.69, 9.17) is 5.73 Å². The fourth-order valence-electron chi connectivity index (χ4n) is 3.14. The Kier molecular flexibility index (Phi) is 3.91. The first-order valence-corrected chi connectivity index (χ1v) is 7.44. The predicted molar refractivity (Wildman–Crippen MR) is 85.6 cm³/mol. The van der Waals surface area contributed by atoms with E-state index in [1.807, 2.05) is 18.2 Å². The number of benzene rings is 2. The maximum atomic E-state index is 11.5. The van der Waals surface area contributed by atoms with Gasteiger partial charge in [-0.1, -0.05) is 42.5 Å². The molecule has 3 heteroatoms. The van der Waals surface area contributed by atoms with Crippen LogP contribution in [0.25, 0.3) is 0 Å². The van der Waals surface area contributed by atoms with Crippen molar-refractivity contribution < 1.29 is 4.79 Å². The zero-order valence-corrected chi connectivity index (χ0v) is 12.0. The first-order valence-electron chi connectivity index (χ1n) is 7.44. The van der Waals surface area contributed by atoms with E-state index in [-0.39, 0.29) is 5.91 Å². The Bertz CT molecular complexity index is 616. The van der Waals surface area contributed by atoms with Gasteiger partial charge in [-0.25, -0.2) is 0 Å². The van der Waals surface area contributed by atoms with E-state index in [0.717, 1.165) is 31.6 Å². The summed E-state index contributed by atoms with van der Waals surface area (Å²) < 4.78 is 0. The highest BCUT2D eigenvalue weighted by Crippen LogP contribution is 2.31. The quantitative estimate of drug-likeness (QED) is 0.938. The minimum absolute atomic E-state index is 0.351. The molecule has 2 N–H and O–H groups in total. The number of nitrogens with zero attached hydrogens (tertiary/aromatic N) is 1. The van der Waals surface area contributed by atoms with Gasteiger partial charge in [0.15, 0.2) is 0 Å². The molecule has 0 spiro atoms. The highest BCUT2D eigenvalue weighted by Gasteiger charge is 2.22. The third-order valence-electron chi connectivity index (χ3n) is 4.28. The van der Waals surface area contributed by atoms with Crippen molar-refractivity contribution >= 4 is 11.6 Å². The van der Waals surface area contributed by atoms with Gasteiger partial charge in [0, 0.05) is 18.8 Å². The van der Waals surface area contributed by atoms with Crippen molar-refractivity contribution in [2.24, 2.45) is 5.73 Å². The first-order chi connectivity index (χ1) is 10.3. The van der Waals surface area contributed by atoms with Crippen LogP contribution in [0.15, 0.2) is 54.6 Å². The van der Waals surface area contributed by atoms with Gasteiger partial charge in [0.25, 0.3) is 5.91 Å². The number of anilines is 1. The summed E-state index contributed by atoms with van der Waals surface area (Å²) in [5.41, 5.74) is 8.48. The number of nitrogens with two attached hydrogens (primary N) is 1. The van der Waals surface area contributed by atoms with Gasteiger partial charge in [-0.3, -0.25) is 4.79 Å². The molecule has 1 saturated heterocycles. The first kappa shape index (κ1) is 13.7. The third kappa shape index (κ3) is 2.92. The van der Waals surface area contributed by atoms with Crippen LogP contribution in [0, 0.1) is 0 Å². The van der Waals surface area contributed by atoms with Gasteiger partial charge in [0.2, 0.25) is 0 Å². The topological polar surface area (TPSA) is 46.3 Å². The summed E-state index contributed by atoms with van der Waals surface area (Å²) in [6.45, 7) is 1.92. The van der Waals surface area contributed by atoms with Crippen molar-refractivity contribution in [3.05, 3.63) is 65.7 Å². The normalized spacial score (nSPS) is 15.9. The van der Waals surface area contributed by atoms with Crippen LogP contribution >= 0.6 is 0 Å². The molecule has 1 heterocycles. The molecule has 0 radical (unpaired) electrons. The SMILES string of the molecule is NC(=O)c1ccccc1N1CCC(c2ccccc2)CC1. The standard InChI is InChI=1S/C18H20N2O/c19-18(21)16-8-4-5-9-17(16)20-12-10-15(11-13-20)14-6-2-1-3-7-14/h1-9,15H,10-13H2,(H2,19,21). The van der Waals surface area contributed by atoms with Crippen LogP contribution in [-0.2, 0) is 0 Å². The van der Waals surface area contributed by atoms with Gasteiger partial charge in [-0.2, -0.15) is 0 Å². The maximum Gasteiger partial charge on any atom is 0.250 e. The molecule has 2 aromatic rings. The summed E-state index contributed by atoms with van der Waals surface area (Å²) in [7, 11) is 0. The highest BCUT2D eigenvalue weighted by atomic mass is 16.1. The molecule has 1 fully saturated rings. The Balaban J connectivity index is 1.73. The van der Waals surface area contributed by atoms with E-state index in [9.17, 15) is 4.79 Å². The molecule has 3 rings (SSSR count). The summed E-state index contributed by atoms with van der Waals surface area (Å²) in [6.07, 6.45) is 2.22. The van der Waals surface area contributed by atoms with E-state index < -0.39 is 0 Å². The molecule has 108 valence electrons. The molecule has 1 aliphatic rings. The summed E-state index contributed by atoms with van der Waals surface area (Å²) >= 11 is 0. The molecule has 21 heavy (non-hydrogen) atoms. The molecule has 0 aliphatic carbocycles. The van der Waals surface area contributed by atoms with Crippen molar-refractivity contribution in [2.75, 3.05) is 18.0 Å². The number of piperidine rings is 1. The lowest BCUT2D eigenvalue weighted by Crippen LogP contribution is -2.34. The molecule has 0 saturated carbocycles.